The number of amidine groups is 1. The molecule has 0 bridgehead atoms. The first-order valence-corrected chi connectivity index (χ1v) is 3.90. The van der Waals surface area contributed by atoms with Crippen molar-refractivity contribution in [2.45, 2.75) is 13.8 Å². The molecule has 0 fully saturated rings. The monoisotopic (exact) mass is 165 g/mol. The van der Waals surface area contributed by atoms with Crippen LogP contribution in [-0.2, 0) is 0 Å². The van der Waals surface area contributed by atoms with Crippen LogP contribution in [-0.4, -0.2) is 5.84 Å². The summed E-state index contributed by atoms with van der Waals surface area (Å²) in [5.41, 5.74) is 11.9. The molecule has 0 saturated carbocycles. The second-order valence-electron chi connectivity index (χ2n) is 2.00. The summed E-state index contributed by atoms with van der Waals surface area (Å²) < 4.78 is 0. The molecule has 0 aromatic heterocycles. The van der Waals surface area contributed by atoms with Crippen LogP contribution in [0.3, 0.4) is 0 Å². The molecule has 0 spiro atoms. The Balaban J connectivity index is 0.000000561. The Kier molecular flexibility index (Phi) is 4.53. The first kappa shape index (κ1) is 10.5. The first-order chi connectivity index (χ1) is 5.72. The van der Waals surface area contributed by atoms with Crippen molar-refractivity contribution in [2.75, 3.05) is 5.73 Å². The van der Waals surface area contributed by atoms with E-state index in [1.165, 1.54) is 0 Å². The SMILES string of the molecule is CC.N=C(N)c1ccccc1N. The van der Waals surface area contributed by atoms with E-state index in [1.54, 1.807) is 18.2 Å². The summed E-state index contributed by atoms with van der Waals surface area (Å²) >= 11 is 0. The summed E-state index contributed by atoms with van der Waals surface area (Å²) in [6.45, 7) is 4.00. The number of nitrogens with two attached hydrogens (primary N) is 2. The van der Waals surface area contributed by atoms with Gasteiger partial charge in [-0.25, -0.2) is 0 Å². The van der Waals surface area contributed by atoms with Gasteiger partial charge in [0.15, 0.2) is 0 Å². The quantitative estimate of drug-likeness (QED) is 0.335. The minimum Gasteiger partial charge on any atom is -0.398 e. The highest BCUT2D eigenvalue weighted by molar-refractivity contribution is 5.99. The molecule has 0 aliphatic carbocycles. The Morgan fingerprint density at radius 2 is 1.75 bits per heavy atom. The average Bonchev–Trinajstić information content (AvgIpc) is 2.08. The van der Waals surface area contributed by atoms with Crippen LogP contribution in [0.1, 0.15) is 19.4 Å². The van der Waals surface area contributed by atoms with E-state index in [-0.39, 0.29) is 5.84 Å². The van der Waals surface area contributed by atoms with Crippen LogP contribution in [0.15, 0.2) is 24.3 Å². The molecule has 12 heavy (non-hydrogen) atoms. The molecule has 0 aliphatic rings. The predicted octanol–water partition coefficient (Wildman–Crippen LogP) is 1.58. The van der Waals surface area contributed by atoms with Crippen molar-refractivity contribution >= 4 is 11.5 Å². The van der Waals surface area contributed by atoms with Crippen molar-refractivity contribution in [3.63, 3.8) is 0 Å². The van der Waals surface area contributed by atoms with Crippen LogP contribution in [0.2, 0.25) is 0 Å². The number of nitrogen functional groups attached to an aromatic ring is 2. The van der Waals surface area contributed by atoms with Gasteiger partial charge in [0.25, 0.3) is 0 Å². The molecule has 1 aromatic carbocycles. The molecular formula is C9H15N3. The largest absolute Gasteiger partial charge is 0.398 e. The lowest BCUT2D eigenvalue weighted by Gasteiger charge is -2.00. The molecule has 66 valence electrons. The molecule has 0 heterocycles. The van der Waals surface area contributed by atoms with Gasteiger partial charge in [0, 0.05) is 11.3 Å². The summed E-state index contributed by atoms with van der Waals surface area (Å²) in [5, 5.41) is 7.07. The molecule has 0 aliphatic heterocycles. The van der Waals surface area contributed by atoms with Gasteiger partial charge < -0.3 is 11.5 Å². The van der Waals surface area contributed by atoms with E-state index in [0.29, 0.717) is 11.3 Å². The number of rotatable bonds is 1. The summed E-state index contributed by atoms with van der Waals surface area (Å²) in [7, 11) is 0. The zero-order chi connectivity index (χ0) is 9.56. The highest BCUT2D eigenvalue weighted by Crippen LogP contribution is 2.08. The van der Waals surface area contributed by atoms with Crippen molar-refractivity contribution in [3.05, 3.63) is 29.8 Å². The maximum atomic E-state index is 7.07. The maximum Gasteiger partial charge on any atom is 0.124 e. The van der Waals surface area contributed by atoms with Gasteiger partial charge in [0.1, 0.15) is 5.84 Å². The van der Waals surface area contributed by atoms with Gasteiger partial charge in [-0.15, -0.1) is 0 Å². The molecule has 0 saturated heterocycles. The van der Waals surface area contributed by atoms with Crippen LogP contribution in [0.5, 0.6) is 0 Å². The van der Waals surface area contributed by atoms with Crippen LogP contribution in [0.4, 0.5) is 5.69 Å². The van der Waals surface area contributed by atoms with E-state index in [0.717, 1.165) is 0 Å². The second kappa shape index (κ2) is 5.18. The Bertz CT molecular complexity index is 256. The van der Waals surface area contributed by atoms with Gasteiger partial charge in [-0.3, -0.25) is 5.41 Å². The van der Waals surface area contributed by atoms with Gasteiger partial charge in [-0.2, -0.15) is 0 Å². The lowest BCUT2D eigenvalue weighted by molar-refractivity contribution is 1.43. The second-order valence-corrected chi connectivity index (χ2v) is 2.00. The lowest BCUT2D eigenvalue weighted by atomic mass is 10.2. The molecule has 5 N–H and O–H groups in total. The van der Waals surface area contributed by atoms with Crippen molar-refractivity contribution in [3.8, 4) is 0 Å². The molecule has 3 nitrogen and oxygen atoms in total. The van der Waals surface area contributed by atoms with Crippen LogP contribution >= 0.6 is 0 Å². The molecular weight excluding hydrogens is 150 g/mol. The summed E-state index contributed by atoms with van der Waals surface area (Å²) in [6, 6.07) is 7.04. The minimum atomic E-state index is 0.0121. The number of anilines is 1. The smallest absolute Gasteiger partial charge is 0.124 e. The van der Waals surface area contributed by atoms with Gasteiger partial charge in [0.2, 0.25) is 0 Å². The molecule has 3 heteroatoms. The van der Waals surface area contributed by atoms with Crippen molar-refractivity contribution < 1.29 is 0 Å². The van der Waals surface area contributed by atoms with E-state index in [4.69, 9.17) is 16.9 Å². The fourth-order valence-electron chi connectivity index (χ4n) is 0.742. The maximum absolute atomic E-state index is 7.07. The summed E-state index contributed by atoms with van der Waals surface area (Å²) in [5.74, 6) is 0.0121. The standard InChI is InChI=1S/C7H9N3.C2H6/c8-6-4-2-1-3-5(6)7(9)10;1-2/h1-4H,8H2,(H3,9,10);1-2H3. The zero-order valence-corrected chi connectivity index (χ0v) is 7.46. The number of hydrogen-bond acceptors (Lipinski definition) is 2. The van der Waals surface area contributed by atoms with Gasteiger partial charge >= 0.3 is 0 Å². The van der Waals surface area contributed by atoms with Gasteiger partial charge in [-0.1, -0.05) is 26.0 Å². The van der Waals surface area contributed by atoms with Crippen molar-refractivity contribution in [1.29, 1.82) is 5.41 Å². The number of para-hydroxylation sites is 1. The molecule has 1 rings (SSSR count). The first-order valence-electron chi connectivity index (χ1n) is 3.90. The third-order valence-corrected chi connectivity index (χ3v) is 1.25. The van der Waals surface area contributed by atoms with Gasteiger partial charge in [-0.05, 0) is 12.1 Å². The molecule has 0 radical (unpaired) electrons. The molecule has 0 amide bonds. The third kappa shape index (κ3) is 2.62. The minimum absolute atomic E-state index is 0.0121. The van der Waals surface area contributed by atoms with E-state index < -0.39 is 0 Å². The van der Waals surface area contributed by atoms with E-state index in [9.17, 15) is 0 Å². The highest BCUT2D eigenvalue weighted by atomic mass is 14.7. The average molecular weight is 165 g/mol. The third-order valence-electron chi connectivity index (χ3n) is 1.25. The topological polar surface area (TPSA) is 75.9 Å². The number of hydrogen-bond donors (Lipinski definition) is 3. The van der Waals surface area contributed by atoms with Crippen LogP contribution < -0.4 is 11.5 Å². The zero-order valence-electron chi connectivity index (χ0n) is 7.46. The molecule has 0 unspecified atom stereocenters. The summed E-state index contributed by atoms with van der Waals surface area (Å²) in [4.78, 5) is 0. The van der Waals surface area contributed by atoms with E-state index in [2.05, 4.69) is 0 Å². The Morgan fingerprint density at radius 1 is 1.25 bits per heavy atom. The van der Waals surface area contributed by atoms with Crippen molar-refractivity contribution in [2.24, 2.45) is 5.73 Å². The Morgan fingerprint density at radius 3 is 2.08 bits per heavy atom. The van der Waals surface area contributed by atoms with Crippen LogP contribution in [0.25, 0.3) is 0 Å². The highest BCUT2D eigenvalue weighted by Gasteiger charge is 1.97. The van der Waals surface area contributed by atoms with Crippen LogP contribution in [0, 0.1) is 5.41 Å². The fourth-order valence-corrected chi connectivity index (χ4v) is 0.742. The normalized spacial score (nSPS) is 8.17. The van der Waals surface area contributed by atoms with Gasteiger partial charge in [0.05, 0.1) is 0 Å². The number of nitrogens with one attached hydrogen (secondary N) is 1. The lowest BCUT2D eigenvalue weighted by Crippen LogP contribution is -2.12. The van der Waals surface area contributed by atoms with E-state index >= 15 is 0 Å². The van der Waals surface area contributed by atoms with E-state index in [1.807, 2.05) is 19.9 Å². The fraction of sp³-hybridized carbons (Fsp3) is 0.222. The predicted molar refractivity (Wildman–Crippen MR) is 53.2 cm³/mol. The molecule has 1 aromatic rings. The Labute approximate surface area is 72.9 Å². The van der Waals surface area contributed by atoms with Crippen molar-refractivity contribution in [1.82, 2.24) is 0 Å². The molecule has 0 atom stereocenters. The number of benzene rings is 1. The summed E-state index contributed by atoms with van der Waals surface area (Å²) in [6.07, 6.45) is 0. The Hall–Kier alpha value is -1.51.